The number of rotatable bonds is 2. The van der Waals surface area contributed by atoms with Gasteiger partial charge in [-0.1, -0.05) is 29.3 Å². The Morgan fingerprint density at radius 3 is 2.39 bits per heavy atom. The summed E-state index contributed by atoms with van der Waals surface area (Å²) >= 11 is 17.0. The van der Waals surface area contributed by atoms with Crippen molar-refractivity contribution in [3.8, 4) is 0 Å². The van der Waals surface area contributed by atoms with Gasteiger partial charge in [0.25, 0.3) is 0 Å². The highest BCUT2D eigenvalue weighted by atomic mass is 35.5. The molecule has 0 radical (unpaired) electrons. The van der Waals surface area contributed by atoms with E-state index in [4.69, 9.17) is 35.4 Å². The number of allylic oxidation sites excluding steroid dienone is 2. The van der Waals surface area contributed by atoms with Gasteiger partial charge in [-0.25, -0.2) is 0 Å². The molecule has 122 valence electrons. The van der Waals surface area contributed by atoms with Crippen LogP contribution >= 0.6 is 35.4 Å². The predicted molar refractivity (Wildman–Crippen MR) is 89.7 cm³/mol. The van der Waals surface area contributed by atoms with Gasteiger partial charge in [0.1, 0.15) is 0 Å². The summed E-state index contributed by atoms with van der Waals surface area (Å²) in [7, 11) is 3.58. The van der Waals surface area contributed by atoms with Crippen LogP contribution in [0.3, 0.4) is 0 Å². The summed E-state index contributed by atoms with van der Waals surface area (Å²) in [6.07, 6.45) is -0.471. The highest BCUT2D eigenvalue weighted by Crippen LogP contribution is 2.38. The highest BCUT2D eigenvalue weighted by molar-refractivity contribution is 7.78. The Labute approximate surface area is 146 Å². The minimum absolute atomic E-state index is 0.0898. The molecule has 23 heavy (non-hydrogen) atoms. The van der Waals surface area contributed by atoms with Crippen molar-refractivity contribution in [2.75, 3.05) is 14.1 Å². The molecule has 0 spiro atoms. The molecule has 8 heteroatoms. The molecule has 1 aromatic heterocycles. The zero-order valence-electron chi connectivity index (χ0n) is 12.1. The topological polar surface area (TPSA) is 16.1 Å². The lowest BCUT2D eigenvalue weighted by atomic mass is 9.91. The summed E-state index contributed by atoms with van der Waals surface area (Å²) in [6, 6.07) is 0.463. The predicted octanol–water partition coefficient (Wildman–Crippen LogP) is 4.73. The van der Waals surface area contributed by atoms with Crippen LogP contribution in [0.5, 0.6) is 0 Å². The fourth-order valence-corrected chi connectivity index (χ4v) is 3.05. The minimum atomic E-state index is -4.50. The molecular weight excluding hydrogens is 368 g/mol. The average Bonchev–Trinajstić information content (AvgIpc) is 2.46. The monoisotopic (exact) mass is 378 g/mol. The standard InChI is InChI=1S/C15H11Cl2F3N2S/c1-22(2)14-9(3-4-11(16)10(14)7-23)13-12(17)5-8(6-21-13)15(18,19)20/h3-6,14H,1-2H3. The maximum atomic E-state index is 12.7. The number of thiocarbonyl (C=S) groups is 1. The molecule has 0 saturated heterocycles. The number of nitrogens with zero attached hydrogens (tertiary/aromatic N) is 2. The Morgan fingerprint density at radius 1 is 1.26 bits per heavy atom. The molecule has 0 fully saturated rings. The minimum Gasteiger partial charge on any atom is -0.298 e. The van der Waals surface area contributed by atoms with Crippen LogP contribution < -0.4 is 0 Å². The molecule has 2 rings (SSSR count). The first-order chi connectivity index (χ1) is 10.7. The zero-order valence-corrected chi connectivity index (χ0v) is 14.4. The van der Waals surface area contributed by atoms with Gasteiger partial charge >= 0.3 is 6.18 Å². The number of alkyl halides is 3. The lowest BCUT2D eigenvalue weighted by molar-refractivity contribution is -0.137. The second-order valence-corrected chi connectivity index (χ2v) is 6.09. The Hall–Kier alpha value is -1.17. The summed E-state index contributed by atoms with van der Waals surface area (Å²) in [5, 5.41) is 2.94. The molecule has 1 aliphatic rings. The van der Waals surface area contributed by atoms with E-state index >= 15 is 0 Å². The van der Waals surface area contributed by atoms with E-state index in [2.05, 4.69) is 10.0 Å². The van der Waals surface area contributed by atoms with Crippen molar-refractivity contribution in [2.24, 2.45) is 0 Å². The van der Waals surface area contributed by atoms with E-state index in [1.807, 2.05) is 4.90 Å². The van der Waals surface area contributed by atoms with Gasteiger partial charge in [0.2, 0.25) is 0 Å². The van der Waals surface area contributed by atoms with Gasteiger partial charge in [-0.05, 0) is 43.5 Å². The number of likely N-dealkylation sites (N-methyl/N-ethyl adjacent to an activating group) is 1. The van der Waals surface area contributed by atoms with E-state index in [1.165, 1.54) is 0 Å². The first-order valence-corrected chi connectivity index (χ1v) is 7.55. The van der Waals surface area contributed by atoms with Crippen LogP contribution in [0.1, 0.15) is 11.3 Å². The summed E-state index contributed by atoms with van der Waals surface area (Å²) < 4.78 is 38.2. The van der Waals surface area contributed by atoms with Crippen molar-refractivity contribution >= 4 is 46.0 Å². The Bertz CT molecular complexity index is 748. The quantitative estimate of drug-likeness (QED) is 0.692. The molecule has 1 aliphatic carbocycles. The van der Waals surface area contributed by atoms with Crippen LogP contribution in [-0.2, 0) is 6.18 Å². The highest BCUT2D eigenvalue weighted by Gasteiger charge is 2.33. The van der Waals surface area contributed by atoms with Gasteiger partial charge in [-0.2, -0.15) is 13.2 Å². The molecule has 1 unspecified atom stereocenters. The second kappa shape index (κ2) is 6.75. The molecule has 2 nitrogen and oxygen atoms in total. The third kappa shape index (κ3) is 3.67. The van der Waals surface area contributed by atoms with E-state index in [0.29, 0.717) is 16.2 Å². The normalized spacial score (nSPS) is 18.6. The van der Waals surface area contributed by atoms with Gasteiger partial charge in [0.05, 0.1) is 27.4 Å². The summed E-state index contributed by atoms with van der Waals surface area (Å²) in [5.74, 6) is 0. The van der Waals surface area contributed by atoms with Crippen molar-refractivity contribution < 1.29 is 13.2 Å². The van der Waals surface area contributed by atoms with Crippen LogP contribution in [0.15, 0.2) is 35.0 Å². The summed E-state index contributed by atoms with van der Waals surface area (Å²) in [5.41, 5.74) is 0.497. The molecule has 0 aromatic carbocycles. The summed E-state index contributed by atoms with van der Waals surface area (Å²) in [6.45, 7) is 0. The maximum absolute atomic E-state index is 12.7. The van der Waals surface area contributed by atoms with Crippen molar-refractivity contribution in [3.05, 3.63) is 51.3 Å². The molecule has 0 aliphatic heterocycles. The zero-order chi connectivity index (χ0) is 17.4. The van der Waals surface area contributed by atoms with Crippen LogP contribution in [0, 0.1) is 0 Å². The molecule has 0 bridgehead atoms. The average molecular weight is 379 g/mol. The summed E-state index contributed by atoms with van der Waals surface area (Å²) in [4.78, 5) is 5.71. The van der Waals surface area contributed by atoms with Gasteiger partial charge in [0.15, 0.2) is 0 Å². The van der Waals surface area contributed by atoms with Gasteiger partial charge in [-0.15, -0.1) is 0 Å². The van der Waals surface area contributed by atoms with Crippen molar-refractivity contribution in [1.82, 2.24) is 9.88 Å². The van der Waals surface area contributed by atoms with E-state index < -0.39 is 17.8 Å². The van der Waals surface area contributed by atoms with Crippen molar-refractivity contribution in [3.63, 3.8) is 0 Å². The third-order valence-electron chi connectivity index (χ3n) is 3.30. The fourth-order valence-electron chi connectivity index (χ4n) is 2.28. The van der Waals surface area contributed by atoms with E-state index in [-0.39, 0.29) is 10.7 Å². The van der Waals surface area contributed by atoms with Gasteiger partial charge < -0.3 is 0 Å². The first-order valence-electron chi connectivity index (χ1n) is 6.39. The number of hydrogen-bond acceptors (Lipinski definition) is 3. The SMILES string of the molecule is CN(C)C1C(=C=S)C(Cl)=CC=C1c1ncc(C(F)(F)F)cc1Cl. The lowest BCUT2D eigenvalue weighted by Gasteiger charge is -2.30. The molecule has 1 aromatic rings. The largest absolute Gasteiger partial charge is 0.417 e. The Balaban J connectivity index is 2.58. The smallest absolute Gasteiger partial charge is 0.298 e. The molecule has 0 N–H and O–H groups in total. The van der Waals surface area contributed by atoms with Gasteiger partial charge in [-0.3, -0.25) is 9.88 Å². The lowest BCUT2D eigenvalue weighted by Crippen LogP contribution is -2.33. The maximum Gasteiger partial charge on any atom is 0.417 e. The fraction of sp³-hybridized carbons (Fsp3) is 0.267. The van der Waals surface area contributed by atoms with Crippen LogP contribution in [-0.4, -0.2) is 35.0 Å². The third-order valence-corrected chi connectivity index (χ3v) is 4.14. The molecule has 0 amide bonds. The molecule has 1 atom stereocenters. The van der Waals surface area contributed by atoms with E-state index in [1.54, 1.807) is 26.2 Å². The number of hydrogen-bond donors (Lipinski definition) is 0. The Morgan fingerprint density at radius 2 is 1.91 bits per heavy atom. The second-order valence-electron chi connectivity index (χ2n) is 5.07. The van der Waals surface area contributed by atoms with Gasteiger partial charge in [0, 0.05) is 17.3 Å². The van der Waals surface area contributed by atoms with Crippen LogP contribution in [0.4, 0.5) is 13.2 Å². The molecular formula is C15H11Cl2F3N2S. The number of aromatic nitrogens is 1. The molecule has 0 saturated carbocycles. The van der Waals surface area contributed by atoms with Crippen molar-refractivity contribution in [1.29, 1.82) is 0 Å². The number of pyridine rings is 1. The van der Waals surface area contributed by atoms with E-state index in [9.17, 15) is 13.2 Å². The Kier molecular flexibility index (Phi) is 5.33. The van der Waals surface area contributed by atoms with E-state index in [0.717, 1.165) is 12.3 Å². The molecule has 1 heterocycles. The number of halogens is 5. The van der Waals surface area contributed by atoms with Crippen LogP contribution in [0.2, 0.25) is 5.02 Å². The van der Waals surface area contributed by atoms with Crippen LogP contribution in [0.25, 0.3) is 5.57 Å². The first kappa shape index (κ1) is 18.2. The van der Waals surface area contributed by atoms with Crippen molar-refractivity contribution in [2.45, 2.75) is 12.2 Å².